The van der Waals surface area contributed by atoms with Gasteiger partial charge in [-0.25, -0.2) is 0 Å². The van der Waals surface area contributed by atoms with Crippen molar-refractivity contribution < 1.29 is 0 Å². The van der Waals surface area contributed by atoms with Gasteiger partial charge in [0.25, 0.3) is 0 Å². The van der Waals surface area contributed by atoms with Crippen molar-refractivity contribution in [1.82, 2.24) is 10.3 Å². The fourth-order valence-electron chi connectivity index (χ4n) is 2.92. The van der Waals surface area contributed by atoms with Gasteiger partial charge in [0.15, 0.2) is 0 Å². The van der Waals surface area contributed by atoms with Crippen LogP contribution >= 0.6 is 11.6 Å². The molecule has 0 aliphatic heterocycles. The fourth-order valence-corrected chi connectivity index (χ4v) is 3.21. The minimum absolute atomic E-state index is 0.371. The van der Waals surface area contributed by atoms with Crippen molar-refractivity contribution >= 4 is 11.6 Å². The highest BCUT2D eigenvalue weighted by molar-refractivity contribution is 6.31. The first kappa shape index (κ1) is 13.6. The Hall–Kier alpha value is -1.38. The third-order valence-corrected chi connectivity index (χ3v) is 4.52. The maximum atomic E-state index is 6.25. The smallest absolute Gasteiger partial charge is 0.0440 e. The van der Waals surface area contributed by atoms with E-state index >= 15 is 0 Å². The zero-order valence-corrected chi connectivity index (χ0v) is 12.3. The molecule has 1 aromatic heterocycles. The summed E-state index contributed by atoms with van der Waals surface area (Å²) >= 11 is 6.25. The number of nitrogens with zero attached hydrogens (tertiary/aromatic N) is 1. The molecule has 2 nitrogen and oxygen atoms in total. The molecule has 1 saturated carbocycles. The first-order chi connectivity index (χ1) is 9.74. The summed E-state index contributed by atoms with van der Waals surface area (Å²) in [5.41, 5.74) is 2.59. The molecule has 1 aromatic carbocycles. The Morgan fingerprint density at radius 2 is 1.85 bits per heavy atom. The van der Waals surface area contributed by atoms with Crippen molar-refractivity contribution in [2.24, 2.45) is 0 Å². The summed E-state index contributed by atoms with van der Waals surface area (Å²) in [6.07, 6.45) is 6.03. The number of halogens is 1. The number of nitrogens with one attached hydrogen (secondary N) is 1. The van der Waals surface area contributed by atoms with Crippen LogP contribution in [0.25, 0.3) is 0 Å². The molecule has 2 aromatic rings. The van der Waals surface area contributed by atoms with Crippen molar-refractivity contribution in [2.75, 3.05) is 0 Å². The minimum atomic E-state index is 0.371. The molecule has 1 fully saturated rings. The molecule has 1 atom stereocenters. The molecule has 0 bridgehead atoms. The standard InChI is InChI=1S/C17H19ClN2/c1-12(13-6-8-19-9-7-13)20-15-10-14(11-15)16-4-2-3-5-17(16)18/h2-9,12,14-15,20H,10-11H2,1H3/t12-,14?,15?/m1/s1. The van der Waals surface area contributed by atoms with Gasteiger partial charge in [0.2, 0.25) is 0 Å². The van der Waals surface area contributed by atoms with E-state index in [0.717, 1.165) is 5.02 Å². The van der Waals surface area contributed by atoms with Crippen LogP contribution in [-0.4, -0.2) is 11.0 Å². The monoisotopic (exact) mass is 286 g/mol. The van der Waals surface area contributed by atoms with E-state index in [1.54, 1.807) is 0 Å². The highest BCUT2D eigenvalue weighted by atomic mass is 35.5. The van der Waals surface area contributed by atoms with Gasteiger partial charge >= 0.3 is 0 Å². The van der Waals surface area contributed by atoms with Crippen LogP contribution in [0.15, 0.2) is 48.8 Å². The molecule has 1 N–H and O–H groups in total. The zero-order chi connectivity index (χ0) is 13.9. The number of aromatic nitrogens is 1. The molecule has 0 unspecified atom stereocenters. The highest BCUT2D eigenvalue weighted by Crippen LogP contribution is 2.40. The Morgan fingerprint density at radius 3 is 2.55 bits per heavy atom. The van der Waals surface area contributed by atoms with Gasteiger partial charge < -0.3 is 5.32 Å². The molecule has 104 valence electrons. The Morgan fingerprint density at radius 1 is 1.15 bits per heavy atom. The van der Waals surface area contributed by atoms with E-state index in [9.17, 15) is 0 Å². The van der Waals surface area contributed by atoms with Crippen molar-refractivity contribution in [3.63, 3.8) is 0 Å². The van der Waals surface area contributed by atoms with Crippen molar-refractivity contribution in [3.05, 3.63) is 64.9 Å². The van der Waals surface area contributed by atoms with Gasteiger partial charge in [-0.2, -0.15) is 0 Å². The second-order valence-electron chi connectivity index (χ2n) is 5.56. The summed E-state index contributed by atoms with van der Waals surface area (Å²) in [5, 5.41) is 4.58. The molecular formula is C17H19ClN2. The maximum Gasteiger partial charge on any atom is 0.0440 e. The molecule has 1 aliphatic carbocycles. The molecule has 3 rings (SSSR count). The van der Waals surface area contributed by atoms with Crippen molar-refractivity contribution in [2.45, 2.75) is 37.8 Å². The summed E-state index contributed by atoms with van der Waals surface area (Å²) in [4.78, 5) is 4.06. The number of hydrogen-bond donors (Lipinski definition) is 1. The van der Waals surface area contributed by atoms with E-state index in [0.29, 0.717) is 18.0 Å². The quantitative estimate of drug-likeness (QED) is 0.905. The number of hydrogen-bond acceptors (Lipinski definition) is 2. The lowest BCUT2D eigenvalue weighted by atomic mass is 9.75. The molecule has 0 spiro atoms. The van der Waals surface area contributed by atoms with E-state index in [-0.39, 0.29) is 0 Å². The molecule has 0 radical (unpaired) electrons. The average molecular weight is 287 g/mol. The minimum Gasteiger partial charge on any atom is -0.307 e. The van der Waals surface area contributed by atoms with Gasteiger partial charge in [-0.15, -0.1) is 0 Å². The van der Waals surface area contributed by atoms with Crippen LogP contribution < -0.4 is 5.32 Å². The second kappa shape index (κ2) is 5.94. The largest absolute Gasteiger partial charge is 0.307 e. The second-order valence-corrected chi connectivity index (χ2v) is 5.96. The van der Waals surface area contributed by atoms with Gasteiger partial charge in [-0.3, -0.25) is 4.98 Å². The van der Waals surface area contributed by atoms with Gasteiger partial charge in [0.1, 0.15) is 0 Å². The predicted molar refractivity (Wildman–Crippen MR) is 83.0 cm³/mol. The topological polar surface area (TPSA) is 24.9 Å². The van der Waals surface area contributed by atoms with Gasteiger partial charge in [0.05, 0.1) is 0 Å². The Balaban J connectivity index is 1.55. The summed E-state index contributed by atoms with van der Waals surface area (Å²) in [6.45, 7) is 2.21. The Kier molecular flexibility index (Phi) is 4.04. The van der Waals surface area contributed by atoms with E-state index in [4.69, 9.17) is 11.6 Å². The fraction of sp³-hybridized carbons (Fsp3) is 0.353. The zero-order valence-electron chi connectivity index (χ0n) is 11.6. The van der Waals surface area contributed by atoms with E-state index in [1.807, 2.05) is 24.5 Å². The molecule has 3 heteroatoms. The van der Waals surface area contributed by atoms with Crippen LogP contribution in [0.4, 0.5) is 0 Å². The molecule has 20 heavy (non-hydrogen) atoms. The molecule has 0 amide bonds. The first-order valence-electron chi connectivity index (χ1n) is 7.14. The van der Waals surface area contributed by atoms with E-state index in [2.05, 4.69) is 41.5 Å². The summed E-state index contributed by atoms with van der Waals surface area (Å²) in [5.74, 6) is 0.603. The van der Waals surface area contributed by atoms with Crippen LogP contribution in [0, 0.1) is 0 Å². The first-order valence-corrected chi connectivity index (χ1v) is 7.52. The van der Waals surface area contributed by atoms with Crippen LogP contribution in [-0.2, 0) is 0 Å². The third kappa shape index (κ3) is 2.87. The number of rotatable bonds is 4. The van der Waals surface area contributed by atoms with Crippen molar-refractivity contribution in [1.29, 1.82) is 0 Å². The van der Waals surface area contributed by atoms with Crippen LogP contribution in [0.3, 0.4) is 0 Å². The highest BCUT2D eigenvalue weighted by Gasteiger charge is 2.32. The maximum absolute atomic E-state index is 6.25. The van der Waals surface area contributed by atoms with Gasteiger partial charge in [0, 0.05) is 29.5 Å². The van der Waals surface area contributed by atoms with E-state index in [1.165, 1.54) is 24.0 Å². The Labute approximate surface area is 125 Å². The van der Waals surface area contributed by atoms with Gasteiger partial charge in [-0.1, -0.05) is 29.8 Å². The summed E-state index contributed by atoms with van der Waals surface area (Å²) in [6, 6.07) is 13.3. The lowest BCUT2D eigenvalue weighted by molar-refractivity contribution is 0.271. The number of benzene rings is 1. The number of pyridine rings is 1. The molecule has 0 saturated heterocycles. The molecule has 1 aliphatic rings. The van der Waals surface area contributed by atoms with Crippen LogP contribution in [0.5, 0.6) is 0 Å². The Bertz CT molecular complexity index is 564. The van der Waals surface area contributed by atoms with Gasteiger partial charge in [-0.05, 0) is 55.0 Å². The van der Waals surface area contributed by atoms with Crippen molar-refractivity contribution in [3.8, 4) is 0 Å². The third-order valence-electron chi connectivity index (χ3n) is 4.17. The van der Waals surface area contributed by atoms with Crippen LogP contribution in [0.1, 0.15) is 42.9 Å². The lowest BCUT2D eigenvalue weighted by Crippen LogP contribution is -2.41. The summed E-state index contributed by atoms with van der Waals surface area (Å²) in [7, 11) is 0. The molecular weight excluding hydrogens is 268 g/mol. The van der Waals surface area contributed by atoms with Crippen LogP contribution in [0.2, 0.25) is 5.02 Å². The van der Waals surface area contributed by atoms with E-state index < -0.39 is 0 Å². The predicted octanol–water partition coefficient (Wildman–Crippen LogP) is 4.33. The average Bonchev–Trinajstić information content (AvgIpc) is 2.44. The SMILES string of the molecule is C[C@@H](NC1CC(c2ccccc2Cl)C1)c1ccncc1. The lowest BCUT2D eigenvalue weighted by Gasteiger charge is -2.38. The molecule has 1 heterocycles. The normalized spacial score (nSPS) is 23.1. The summed E-state index contributed by atoms with van der Waals surface area (Å²) < 4.78 is 0.